The number of ether oxygens (including phenoxy) is 1. The third-order valence-corrected chi connectivity index (χ3v) is 5.62. The highest BCUT2D eigenvalue weighted by molar-refractivity contribution is 7.10. The van der Waals surface area contributed by atoms with Crippen LogP contribution in [0.5, 0.6) is 0 Å². The van der Waals surface area contributed by atoms with Crippen molar-refractivity contribution in [2.45, 2.75) is 32.0 Å². The van der Waals surface area contributed by atoms with Gasteiger partial charge in [-0.3, -0.25) is 14.5 Å². The number of hydrogen-bond donors (Lipinski definition) is 1. The Morgan fingerprint density at radius 3 is 2.85 bits per heavy atom. The minimum atomic E-state index is -0.452. The number of esters is 1. The summed E-state index contributed by atoms with van der Waals surface area (Å²) in [4.78, 5) is 27.7. The Balaban J connectivity index is 1.70. The largest absolute Gasteiger partial charge is 0.468 e. The number of benzene rings is 1. The van der Waals surface area contributed by atoms with Gasteiger partial charge < -0.3 is 10.1 Å². The zero-order valence-corrected chi connectivity index (χ0v) is 15.5. The molecule has 0 spiro atoms. The molecule has 1 aromatic heterocycles. The molecule has 0 aliphatic carbocycles. The number of carbonyl (C=O) groups is 2. The number of thiophene rings is 1. The lowest BCUT2D eigenvalue weighted by atomic mass is 10.1. The van der Waals surface area contributed by atoms with Gasteiger partial charge in [0.25, 0.3) is 5.91 Å². The number of rotatable bonds is 5. The van der Waals surface area contributed by atoms with Crippen molar-refractivity contribution in [1.29, 1.82) is 0 Å². The van der Waals surface area contributed by atoms with Crippen molar-refractivity contribution in [3.8, 4) is 0 Å². The molecule has 1 N–H and O–H groups in total. The molecule has 2 atom stereocenters. The van der Waals surface area contributed by atoms with Gasteiger partial charge in [0.1, 0.15) is 11.9 Å². The Morgan fingerprint density at radius 2 is 2.19 bits per heavy atom. The average Bonchev–Trinajstić information content (AvgIpc) is 3.21. The SMILES string of the molecule is COC(=O)[C@@H]1C[C@@H](NC(=O)c2cccc(F)c2)CN1Cc1sccc1C. The molecule has 0 unspecified atom stereocenters. The highest BCUT2D eigenvalue weighted by Crippen LogP contribution is 2.25. The highest BCUT2D eigenvalue weighted by atomic mass is 32.1. The maximum absolute atomic E-state index is 13.3. The fraction of sp³-hybridized carbons (Fsp3) is 0.368. The number of hydrogen-bond acceptors (Lipinski definition) is 5. The first-order valence-electron chi connectivity index (χ1n) is 8.39. The number of likely N-dealkylation sites (tertiary alicyclic amines) is 1. The van der Waals surface area contributed by atoms with Gasteiger partial charge >= 0.3 is 5.97 Å². The molecule has 1 aromatic carbocycles. The number of nitrogens with zero attached hydrogens (tertiary/aromatic N) is 1. The molecular weight excluding hydrogens is 355 g/mol. The van der Waals surface area contributed by atoms with Crippen LogP contribution >= 0.6 is 11.3 Å². The summed E-state index contributed by atoms with van der Waals surface area (Å²) in [5.74, 6) is -1.10. The van der Waals surface area contributed by atoms with Crippen molar-refractivity contribution in [2.75, 3.05) is 13.7 Å². The Hall–Kier alpha value is -2.25. The van der Waals surface area contributed by atoms with E-state index in [-0.39, 0.29) is 23.5 Å². The van der Waals surface area contributed by atoms with E-state index in [4.69, 9.17) is 4.74 Å². The van der Waals surface area contributed by atoms with Gasteiger partial charge in [0.2, 0.25) is 0 Å². The summed E-state index contributed by atoms with van der Waals surface area (Å²) < 4.78 is 18.2. The molecule has 0 bridgehead atoms. The highest BCUT2D eigenvalue weighted by Gasteiger charge is 2.38. The molecule has 2 heterocycles. The molecule has 3 rings (SSSR count). The first kappa shape index (κ1) is 18.5. The molecule has 1 aliphatic rings. The van der Waals surface area contributed by atoms with Crippen molar-refractivity contribution in [2.24, 2.45) is 0 Å². The van der Waals surface area contributed by atoms with Crippen LogP contribution in [-0.2, 0) is 16.1 Å². The Labute approximate surface area is 155 Å². The van der Waals surface area contributed by atoms with Crippen LogP contribution in [0.25, 0.3) is 0 Å². The van der Waals surface area contributed by atoms with Crippen molar-refractivity contribution < 1.29 is 18.7 Å². The standard InChI is InChI=1S/C19H21FN2O3S/c1-12-6-7-26-17(12)11-22-10-15(9-16(22)19(24)25-2)21-18(23)13-4-3-5-14(20)8-13/h3-8,15-16H,9-11H2,1-2H3,(H,21,23)/t15-,16+/m1/s1. The van der Waals surface area contributed by atoms with Gasteiger partial charge in [-0.2, -0.15) is 0 Å². The van der Waals surface area contributed by atoms with E-state index in [1.54, 1.807) is 17.4 Å². The summed E-state index contributed by atoms with van der Waals surface area (Å²) in [6.07, 6.45) is 0.470. The zero-order chi connectivity index (χ0) is 18.7. The second-order valence-corrected chi connectivity index (χ2v) is 7.41. The van der Waals surface area contributed by atoms with Crippen LogP contribution in [0.3, 0.4) is 0 Å². The van der Waals surface area contributed by atoms with Crippen LogP contribution in [-0.4, -0.2) is 42.5 Å². The third kappa shape index (κ3) is 4.11. The van der Waals surface area contributed by atoms with Gasteiger partial charge in [0.05, 0.1) is 7.11 Å². The van der Waals surface area contributed by atoms with Crippen LogP contribution < -0.4 is 5.32 Å². The van der Waals surface area contributed by atoms with E-state index in [1.165, 1.54) is 35.7 Å². The quantitative estimate of drug-likeness (QED) is 0.816. The number of nitrogens with one attached hydrogen (secondary N) is 1. The number of methoxy groups -OCH3 is 1. The van der Waals surface area contributed by atoms with Gasteiger partial charge in [-0.05, 0) is 48.6 Å². The lowest BCUT2D eigenvalue weighted by Crippen LogP contribution is -2.37. The summed E-state index contributed by atoms with van der Waals surface area (Å²) in [6.45, 7) is 3.21. The molecule has 0 saturated carbocycles. The third-order valence-electron chi connectivity index (χ3n) is 4.61. The number of amides is 1. The van der Waals surface area contributed by atoms with E-state index in [9.17, 15) is 14.0 Å². The molecule has 1 fully saturated rings. The fourth-order valence-electron chi connectivity index (χ4n) is 3.21. The fourth-order valence-corrected chi connectivity index (χ4v) is 4.14. The van der Waals surface area contributed by atoms with Crippen LogP contribution in [0.4, 0.5) is 4.39 Å². The molecule has 7 heteroatoms. The summed E-state index contributed by atoms with van der Waals surface area (Å²) in [5, 5.41) is 4.93. The van der Waals surface area contributed by atoms with Crippen molar-refractivity contribution in [3.05, 3.63) is 57.5 Å². The summed E-state index contributed by atoms with van der Waals surface area (Å²) in [7, 11) is 1.37. The van der Waals surface area contributed by atoms with Crippen molar-refractivity contribution >= 4 is 23.2 Å². The molecule has 0 radical (unpaired) electrons. The lowest BCUT2D eigenvalue weighted by molar-refractivity contribution is -0.146. The summed E-state index contributed by atoms with van der Waals surface area (Å²) in [5.41, 5.74) is 1.46. The minimum Gasteiger partial charge on any atom is -0.468 e. The van der Waals surface area contributed by atoms with E-state index in [1.807, 2.05) is 23.3 Å². The first-order valence-corrected chi connectivity index (χ1v) is 9.27. The number of aryl methyl sites for hydroxylation is 1. The van der Waals surface area contributed by atoms with Gasteiger partial charge in [0.15, 0.2) is 0 Å². The number of halogens is 1. The van der Waals surface area contributed by atoms with Gasteiger partial charge in [-0.25, -0.2) is 4.39 Å². The maximum atomic E-state index is 13.3. The van der Waals surface area contributed by atoms with Crippen molar-refractivity contribution in [1.82, 2.24) is 10.2 Å². The van der Waals surface area contributed by atoms with E-state index in [2.05, 4.69) is 5.32 Å². The van der Waals surface area contributed by atoms with Crippen LogP contribution in [0, 0.1) is 12.7 Å². The van der Waals surface area contributed by atoms with Gasteiger partial charge in [0, 0.05) is 29.6 Å². The molecule has 1 saturated heterocycles. The molecular formula is C19H21FN2O3S. The molecule has 5 nitrogen and oxygen atoms in total. The topological polar surface area (TPSA) is 58.6 Å². The van der Waals surface area contributed by atoms with E-state index in [0.717, 1.165) is 0 Å². The molecule has 2 aromatic rings. The summed E-state index contributed by atoms with van der Waals surface area (Å²) in [6, 6.07) is 7.01. The minimum absolute atomic E-state index is 0.199. The number of carbonyl (C=O) groups excluding carboxylic acids is 2. The predicted molar refractivity (Wildman–Crippen MR) is 97.5 cm³/mol. The van der Waals surface area contributed by atoms with Gasteiger partial charge in [-0.15, -0.1) is 11.3 Å². The smallest absolute Gasteiger partial charge is 0.323 e. The monoisotopic (exact) mass is 376 g/mol. The van der Waals surface area contributed by atoms with Crippen LogP contribution in [0.15, 0.2) is 35.7 Å². The normalized spacial score (nSPS) is 20.1. The average molecular weight is 376 g/mol. The zero-order valence-electron chi connectivity index (χ0n) is 14.7. The van der Waals surface area contributed by atoms with Crippen molar-refractivity contribution in [3.63, 3.8) is 0 Å². The van der Waals surface area contributed by atoms with Crippen LogP contribution in [0.2, 0.25) is 0 Å². The molecule has 1 amide bonds. The lowest BCUT2D eigenvalue weighted by Gasteiger charge is -2.21. The first-order chi connectivity index (χ1) is 12.5. The molecule has 1 aliphatic heterocycles. The Kier molecular flexibility index (Phi) is 5.68. The van der Waals surface area contributed by atoms with E-state index < -0.39 is 11.9 Å². The van der Waals surface area contributed by atoms with Gasteiger partial charge in [-0.1, -0.05) is 6.07 Å². The maximum Gasteiger partial charge on any atom is 0.323 e. The second kappa shape index (κ2) is 7.97. The Bertz CT molecular complexity index is 808. The van der Waals surface area contributed by atoms with Crippen LogP contribution in [0.1, 0.15) is 27.2 Å². The molecule has 138 valence electrons. The van der Waals surface area contributed by atoms with E-state index >= 15 is 0 Å². The second-order valence-electron chi connectivity index (χ2n) is 6.41. The van der Waals surface area contributed by atoms with E-state index in [0.29, 0.717) is 19.5 Å². The predicted octanol–water partition coefficient (Wildman–Crippen LogP) is 2.74. The molecule has 26 heavy (non-hydrogen) atoms. The Morgan fingerprint density at radius 1 is 1.38 bits per heavy atom. The summed E-state index contributed by atoms with van der Waals surface area (Å²) >= 11 is 1.65.